The van der Waals surface area contributed by atoms with Gasteiger partial charge in [0.25, 0.3) is 0 Å². The quantitative estimate of drug-likeness (QED) is 0.754. The topological polar surface area (TPSA) is 39.8 Å². The van der Waals surface area contributed by atoms with Gasteiger partial charge in [0.05, 0.1) is 0 Å². The fourth-order valence-corrected chi connectivity index (χ4v) is 2.14. The zero-order chi connectivity index (χ0) is 12.4. The third kappa shape index (κ3) is 2.16. The van der Waals surface area contributed by atoms with Gasteiger partial charge in [-0.15, -0.1) is 0 Å². The van der Waals surface area contributed by atoms with Crippen LogP contribution in [0.4, 0.5) is 0 Å². The van der Waals surface area contributed by atoms with Crippen LogP contribution in [0.2, 0.25) is 0 Å². The zero-order valence-corrected chi connectivity index (χ0v) is 10.5. The maximum atomic E-state index is 10.9. The van der Waals surface area contributed by atoms with E-state index in [1.165, 1.54) is 0 Å². The van der Waals surface area contributed by atoms with Crippen LogP contribution in [0.5, 0.6) is 0 Å². The first-order chi connectivity index (χ1) is 8.13. The molecule has 0 saturated carbocycles. The van der Waals surface area contributed by atoms with Crippen LogP contribution < -0.4 is 0 Å². The van der Waals surface area contributed by atoms with Crippen LogP contribution in [0, 0.1) is 13.8 Å². The molecule has 0 radical (unpaired) electrons. The summed E-state index contributed by atoms with van der Waals surface area (Å²) in [5.74, 6) is 1.06. The molecule has 0 atom stereocenters. The summed E-state index contributed by atoms with van der Waals surface area (Å²) in [4.78, 5) is 15.1. The van der Waals surface area contributed by atoms with Crippen LogP contribution in [0.3, 0.4) is 0 Å². The van der Waals surface area contributed by atoms with Crippen molar-refractivity contribution in [2.45, 2.75) is 26.8 Å². The highest BCUT2D eigenvalue weighted by atomic mass is 16.1. The van der Waals surface area contributed by atoms with Crippen molar-refractivity contribution in [2.75, 3.05) is 0 Å². The summed E-state index contributed by atoms with van der Waals surface area (Å²) in [6.07, 6.45) is 5.54. The van der Waals surface area contributed by atoms with Crippen molar-refractivity contribution in [1.82, 2.24) is 14.1 Å². The van der Waals surface area contributed by atoms with Crippen molar-refractivity contribution >= 4 is 6.29 Å². The van der Waals surface area contributed by atoms with Gasteiger partial charge >= 0.3 is 0 Å². The van der Waals surface area contributed by atoms with E-state index in [1.807, 2.05) is 43.9 Å². The number of rotatable bonds is 4. The smallest absolute Gasteiger partial charge is 0.151 e. The van der Waals surface area contributed by atoms with E-state index in [0.717, 1.165) is 42.0 Å². The number of carbonyl (C=O) groups excluding carboxylic acids is 1. The van der Waals surface area contributed by atoms with Crippen LogP contribution >= 0.6 is 0 Å². The maximum Gasteiger partial charge on any atom is 0.151 e. The number of carbonyl (C=O) groups is 1. The van der Waals surface area contributed by atoms with Gasteiger partial charge in [0.1, 0.15) is 5.82 Å². The number of imidazole rings is 1. The van der Waals surface area contributed by atoms with E-state index >= 15 is 0 Å². The molecule has 2 heterocycles. The zero-order valence-electron chi connectivity index (χ0n) is 10.5. The van der Waals surface area contributed by atoms with Gasteiger partial charge in [-0.2, -0.15) is 0 Å². The molecule has 0 bridgehead atoms. The van der Waals surface area contributed by atoms with Crippen LogP contribution in [-0.2, 0) is 20.0 Å². The van der Waals surface area contributed by atoms with Crippen molar-refractivity contribution in [3.63, 3.8) is 0 Å². The van der Waals surface area contributed by atoms with E-state index in [2.05, 4.69) is 9.55 Å². The molecule has 2 aromatic heterocycles. The fourth-order valence-electron chi connectivity index (χ4n) is 2.14. The molecule has 4 heteroatoms. The molecule has 0 aliphatic carbocycles. The molecule has 0 N–H and O–H groups in total. The van der Waals surface area contributed by atoms with E-state index in [4.69, 9.17) is 0 Å². The normalized spacial score (nSPS) is 10.8. The molecule has 0 fully saturated rings. The lowest BCUT2D eigenvalue weighted by atomic mass is 10.3. The van der Waals surface area contributed by atoms with Crippen LogP contribution in [0.25, 0.3) is 0 Å². The minimum absolute atomic E-state index is 0.780. The molecular weight excluding hydrogens is 214 g/mol. The summed E-state index contributed by atoms with van der Waals surface area (Å²) in [5, 5.41) is 0. The lowest BCUT2D eigenvalue weighted by Crippen LogP contribution is -2.08. The summed E-state index contributed by atoms with van der Waals surface area (Å²) in [6, 6.07) is 1.93. The molecule has 0 aliphatic heterocycles. The highest BCUT2D eigenvalue weighted by Crippen LogP contribution is 2.13. The Labute approximate surface area is 101 Å². The largest absolute Gasteiger partial charge is 0.348 e. The number of aryl methyl sites for hydroxylation is 3. The first kappa shape index (κ1) is 11.6. The second kappa shape index (κ2) is 4.57. The lowest BCUT2D eigenvalue weighted by Gasteiger charge is -2.09. The first-order valence-corrected chi connectivity index (χ1v) is 5.71. The number of aromatic nitrogens is 3. The number of hydrogen-bond acceptors (Lipinski definition) is 2. The molecule has 90 valence electrons. The lowest BCUT2D eigenvalue weighted by molar-refractivity contribution is 0.112. The number of aldehydes is 1. The van der Waals surface area contributed by atoms with Gasteiger partial charge in [0.15, 0.2) is 6.29 Å². The van der Waals surface area contributed by atoms with E-state index in [-0.39, 0.29) is 0 Å². The molecule has 2 aromatic rings. The van der Waals surface area contributed by atoms with E-state index in [9.17, 15) is 4.79 Å². The average Bonchev–Trinajstić information content (AvgIpc) is 2.82. The molecule has 0 unspecified atom stereocenters. The van der Waals surface area contributed by atoms with Crippen molar-refractivity contribution in [2.24, 2.45) is 7.05 Å². The minimum atomic E-state index is 0.780. The summed E-state index contributed by atoms with van der Waals surface area (Å²) in [6.45, 7) is 4.87. The Morgan fingerprint density at radius 2 is 2.18 bits per heavy atom. The van der Waals surface area contributed by atoms with Gasteiger partial charge in [-0.1, -0.05) is 0 Å². The Hall–Kier alpha value is -1.84. The molecular formula is C13H17N3O. The predicted octanol–water partition coefficient (Wildman–Crippen LogP) is 1.89. The van der Waals surface area contributed by atoms with E-state index in [1.54, 1.807) is 0 Å². The molecule has 0 aromatic carbocycles. The predicted molar refractivity (Wildman–Crippen MR) is 66.2 cm³/mol. The molecule has 0 amide bonds. The number of hydrogen-bond donors (Lipinski definition) is 0. The summed E-state index contributed by atoms with van der Waals surface area (Å²) in [5.41, 5.74) is 2.94. The second-order valence-electron chi connectivity index (χ2n) is 4.30. The van der Waals surface area contributed by atoms with Crippen LogP contribution in [0.1, 0.15) is 27.6 Å². The molecule has 2 rings (SSSR count). The molecule has 0 spiro atoms. The van der Waals surface area contributed by atoms with Crippen molar-refractivity contribution in [3.05, 3.63) is 41.2 Å². The maximum absolute atomic E-state index is 10.9. The summed E-state index contributed by atoms with van der Waals surface area (Å²) < 4.78 is 4.19. The standard InChI is InChI=1S/C13H17N3O/c1-10-8-12(9-17)11(2)16(10)6-4-13-14-5-7-15(13)3/h5,7-9H,4,6H2,1-3H3. The van der Waals surface area contributed by atoms with Gasteiger partial charge in [-0.25, -0.2) is 4.98 Å². The van der Waals surface area contributed by atoms with Gasteiger partial charge < -0.3 is 9.13 Å². The van der Waals surface area contributed by atoms with Gasteiger partial charge in [0.2, 0.25) is 0 Å². The molecule has 4 nitrogen and oxygen atoms in total. The van der Waals surface area contributed by atoms with E-state index in [0.29, 0.717) is 0 Å². The van der Waals surface area contributed by atoms with Gasteiger partial charge in [-0.3, -0.25) is 4.79 Å². The van der Waals surface area contributed by atoms with Crippen molar-refractivity contribution < 1.29 is 4.79 Å². The van der Waals surface area contributed by atoms with Gasteiger partial charge in [0, 0.05) is 49.4 Å². The first-order valence-electron chi connectivity index (χ1n) is 5.71. The SMILES string of the molecule is Cc1cc(C=O)c(C)n1CCc1nccn1C. The Balaban J connectivity index is 2.17. The highest BCUT2D eigenvalue weighted by Gasteiger charge is 2.08. The third-order valence-electron chi connectivity index (χ3n) is 3.22. The average molecular weight is 231 g/mol. The van der Waals surface area contributed by atoms with Crippen LogP contribution in [-0.4, -0.2) is 20.4 Å². The Morgan fingerprint density at radius 3 is 2.71 bits per heavy atom. The summed E-state index contributed by atoms with van der Waals surface area (Å²) in [7, 11) is 1.99. The highest BCUT2D eigenvalue weighted by molar-refractivity contribution is 5.77. The van der Waals surface area contributed by atoms with Crippen molar-refractivity contribution in [3.8, 4) is 0 Å². The Bertz CT molecular complexity index is 537. The third-order valence-corrected chi connectivity index (χ3v) is 3.22. The Kier molecular flexibility index (Phi) is 3.13. The van der Waals surface area contributed by atoms with E-state index < -0.39 is 0 Å². The van der Waals surface area contributed by atoms with Gasteiger partial charge in [-0.05, 0) is 19.9 Å². The number of nitrogens with zero attached hydrogens (tertiary/aromatic N) is 3. The monoisotopic (exact) mass is 231 g/mol. The summed E-state index contributed by atoms with van der Waals surface area (Å²) >= 11 is 0. The molecule has 0 saturated heterocycles. The fraction of sp³-hybridized carbons (Fsp3) is 0.385. The molecule has 0 aliphatic rings. The molecule has 17 heavy (non-hydrogen) atoms. The van der Waals surface area contributed by atoms with Crippen molar-refractivity contribution in [1.29, 1.82) is 0 Å². The van der Waals surface area contributed by atoms with Crippen LogP contribution in [0.15, 0.2) is 18.5 Å². The minimum Gasteiger partial charge on any atom is -0.348 e. The second-order valence-corrected chi connectivity index (χ2v) is 4.30. The Morgan fingerprint density at radius 1 is 1.41 bits per heavy atom.